The lowest BCUT2D eigenvalue weighted by Crippen LogP contribution is -2.59. The van der Waals surface area contributed by atoms with Crippen LogP contribution in [0.15, 0.2) is 18.5 Å². The van der Waals surface area contributed by atoms with Crippen LogP contribution in [0.4, 0.5) is 23.8 Å². The lowest BCUT2D eigenvalue weighted by molar-refractivity contribution is -0.137. The average molecular weight is 507 g/mol. The Kier molecular flexibility index (Phi) is 6.64. The summed E-state index contributed by atoms with van der Waals surface area (Å²) in [4.78, 5) is 19.8. The highest BCUT2D eigenvalue weighted by Crippen LogP contribution is 2.40. The molecule has 2 aromatic rings. The number of nitrogens with zero attached hydrogens (tertiary/aromatic N) is 6. The molecule has 36 heavy (non-hydrogen) atoms. The van der Waals surface area contributed by atoms with Crippen LogP contribution in [0, 0.1) is 11.3 Å². The molecule has 4 rings (SSSR count). The van der Waals surface area contributed by atoms with Crippen molar-refractivity contribution in [1.29, 1.82) is 5.26 Å². The Labute approximate surface area is 207 Å². The van der Waals surface area contributed by atoms with Gasteiger partial charge in [0.15, 0.2) is 0 Å². The third-order valence-electron chi connectivity index (χ3n) is 6.51. The molecule has 9 nitrogen and oxygen atoms in total. The maximum Gasteiger partial charge on any atom is 0.417 e. The molecular formula is C24H29F3N6O3. The molecule has 0 unspecified atom stereocenters. The van der Waals surface area contributed by atoms with Gasteiger partial charge in [-0.15, -0.1) is 0 Å². The van der Waals surface area contributed by atoms with Crippen LogP contribution in [0.1, 0.15) is 57.7 Å². The van der Waals surface area contributed by atoms with E-state index in [4.69, 9.17) is 4.74 Å². The van der Waals surface area contributed by atoms with E-state index in [9.17, 15) is 28.3 Å². The predicted octanol–water partition coefficient (Wildman–Crippen LogP) is 3.98. The van der Waals surface area contributed by atoms with Crippen molar-refractivity contribution in [3.63, 3.8) is 0 Å². The van der Waals surface area contributed by atoms with Crippen LogP contribution in [0.3, 0.4) is 0 Å². The molecule has 0 aromatic carbocycles. The second-order valence-corrected chi connectivity index (χ2v) is 10.2. The number of amides is 1. The van der Waals surface area contributed by atoms with Crippen LogP contribution in [0.25, 0.3) is 11.3 Å². The summed E-state index contributed by atoms with van der Waals surface area (Å²) in [5, 5.41) is 23.7. The second kappa shape index (κ2) is 9.28. The maximum atomic E-state index is 13.9. The SMILES string of the molecule is C[C@H]1[C@H](O)CN1c1nc(-c2cnn(C3CCN(C(=O)OC(C)(C)C)CC3)c2)cc(C(F)(F)F)c1C#N. The zero-order chi connectivity index (χ0) is 26.4. The van der Waals surface area contributed by atoms with Gasteiger partial charge in [-0.05, 0) is 46.6 Å². The first kappa shape index (κ1) is 25.8. The van der Waals surface area contributed by atoms with Gasteiger partial charge in [0.25, 0.3) is 0 Å². The highest BCUT2D eigenvalue weighted by Gasteiger charge is 2.41. The van der Waals surface area contributed by atoms with Gasteiger partial charge in [0.1, 0.15) is 23.1 Å². The number of alkyl halides is 3. The molecular weight excluding hydrogens is 477 g/mol. The third-order valence-corrected chi connectivity index (χ3v) is 6.51. The Morgan fingerprint density at radius 2 is 1.92 bits per heavy atom. The fraction of sp³-hybridized carbons (Fsp3) is 0.583. The molecule has 2 atom stereocenters. The number of nitriles is 1. The van der Waals surface area contributed by atoms with Gasteiger partial charge < -0.3 is 19.6 Å². The molecule has 1 N–H and O–H groups in total. The minimum absolute atomic E-state index is 0.0390. The van der Waals surface area contributed by atoms with Crippen LogP contribution in [0.2, 0.25) is 0 Å². The van der Waals surface area contributed by atoms with Crippen molar-refractivity contribution in [2.45, 2.75) is 70.5 Å². The van der Waals surface area contributed by atoms with E-state index in [-0.39, 0.29) is 30.2 Å². The van der Waals surface area contributed by atoms with E-state index in [0.717, 1.165) is 6.07 Å². The Balaban J connectivity index is 1.58. The molecule has 0 spiro atoms. The Morgan fingerprint density at radius 3 is 2.44 bits per heavy atom. The molecule has 2 saturated heterocycles. The Bertz CT molecular complexity index is 1180. The molecule has 2 aliphatic rings. The fourth-order valence-corrected chi connectivity index (χ4v) is 4.40. The lowest BCUT2D eigenvalue weighted by Gasteiger charge is -2.44. The van der Waals surface area contributed by atoms with Gasteiger partial charge in [-0.1, -0.05) is 0 Å². The summed E-state index contributed by atoms with van der Waals surface area (Å²) in [6, 6.07) is 2.02. The number of aliphatic hydroxyl groups is 1. The smallest absolute Gasteiger partial charge is 0.417 e. The summed E-state index contributed by atoms with van der Waals surface area (Å²) < 4.78 is 48.7. The topological polar surface area (TPSA) is 108 Å². The first-order valence-electron chi connectivity index (χ1n) is 11.8. The minimum atomic E-state index is -4.76. The van der Waals surface area contributed by atoms with Crippen molar-refractivity contribution in [2.24, 2.45) is 0 Å². The van der Waals surface area contributed by atoms with Gasteiger partial charge in [-0.3, -0.25) is 4.68 Å². The van der Waals surface area contributed by atoms with E-state index in [2.05, 4.69) is 10.1 Å². The fourth-order valence-electron chi connectivity index (χ4n) is 4.40. The maximum absolute atomic E-state index is 13.9. The van der Waals surface area contributed by atoms with Crippen molar-refractivity contribution < 1.29 is 27.8 Å². The number of carbonyl (C=O) groups is 1. The number of likely N-dealkylation sites (tertiary alicyclic amines) is 1. The number of pyridine rings is 1. The highest BCUT2D eigenvalue weighted by atomic mass is 19.4. The number of rotatable bonds is 3. The molecule has 2 aliphatic heterocycles. The van der Waals surface area contributed by atoms with Gasteiger partial charge in [0.05, 0.1) is 35.6 Å². The highest BCUT2D eigenvalue weighted by molar-refractivity contribution is 5.69. The predicted molar refractivity (Wildman–Crippen MR) is 124 cm³/mol. The Morgan fingerprint density at radius 1 is 1.25 bits per heavy atom. The number of piperidine rings is 1. The van der Waals surface area contributed by atoms with Crippen molar-refractivity contribution in [3.8, 4) is 17.3 Å². The monoisotopic (exact) mass is 506 g/mol. The molecule has 0 aliphatic carbocycles. The summed E-state index contributed by atoms with van der Waals surface area (Å²) in [7, 11) is 0. The number of carbonyl (C=O) groups excluding carboxylic acids is 1. The number of hydrogen-bond donors (Lipinski definition) is 1. The summed E-state index contributed by atoms with van der Waals surface area (Å²) in [5.41, 5.74) is -1.79. The van der Waals surface area contributed by atoms with Crippen molar-refractivity contribution in [3.05, 3.63) is 29.6 Å². The number of aliphatic hydroxyl groups excluding tert-OH is 1. The number of anilines is 1. The summed E-state index contributed by atoms with van der Waals surface area (Å²) in [6.45, 7) is 8.13. The van der Waals surface area contributed by atoms with E-state index in [1.54, 1.807) is 49.5 Å². The largest absolute Gasteiger partial charge is 0.444 e. The number of ether oxygens (including phenoxy) is 1. The normalized spacial score (nSPS) is 21.2. The summed E-state index contributed by atoms with van der Waals surface area (Å²) >= 11 is 0. The number of aromatic nitrogens is 3. The van der Waals surface area contributed by atoms with Crippen molar-refractivity contribution in [1.82, 2.24) is 19.7 Å². The van der Waals surface area contributed by atoms with Crippen LogP contribution < -0.4 is 4.90 Å². The van der Waals surface area contributed by atoms with E-state index < -0.39 is 35.1 Å². The van der Waals surface area contributed by atoms with Crippen LogP contribution in [0.5, 0.6) is 0 Å². The van der Waals surface area contributed by atoms with Crippen LogP contribution in [-0.4, -0.2) is 68.2 Å². The lowest BCUT2D eigenvalue weighted by atomic mass is 9.98. The molecule has 194 valence electrons. The van der Waals surface area contributed by atoms with Gasteiger partial charge in [-0.2, -0.15) is 23.5 Å². The molecule has 12 heteroatoms. The van der Waals surface area contributed by atoms with Crippen molar-refractivity contribution >= 4 is 11.9 Å². The van der Waals surface area contributed by atoms with Gasteiger partial charge in [-0.25, -0.2) is 9.78 Å². The first-order chi connectivity index (χ1) is 16.8. The van der Waals surface area contributed by atoms with Gasteiger partial charge in [0.2, 0.25) is 0 Å². The van der Waals surface area contributed by atoms with Crippen molar-refractivity contribution in [2.75, 3.05) is 24.5 Å². The molecule has 0 saturated carbocycles. The van der Waals surface area contributed by atoms with E-state index in [0.29, 0.717) is 31.5 Å². The van der Waals surface area contributed by atoms with Crippen LogP contribution >= 0.6 is 0 Å². The number of halogens is 3. The molecule has 2 fully saturated rings. The number of hydrogen-bond acceptors (Lipinski definition) is 7. The standard InChI is InChI=1S/C24H29F3N6O3/c1-14-20(34)13-32(14)21-17(10-28)18(24(25,26)27)9-19(30-21)15-11-29-33(12-15)16-5-7-31(8-6-16)22(35)36-23(2,3)4/h9,11-12,14,16,20,34H,5-8,13H2,1-4H3/t14-,20+/m0/s1. The molecule has 4 heterocycles. The zero-order valence-electron chi connectivity index (χ0n) is 20.6. The first-order valence-corrected chi connectivity index (χ1v) is 11.8. The average Bonchev–Trinajstić information content (AvgIpc) is 3.30. The third kappa shape index (κ3) is 5.11. The van der Waals surface area contributed by atoms with E-state index >= 15 is 0 Å². The van der Waals surface area contributed by atoms with Gasteiger partial charge in [0, 0.05) is 31.4 Å². The summed E-state index contributed by atoms with van der Waals surface area (Å²) in [5.74, 6) is -0.0986. The number of β-amino-alcohol motifs (C(OH)–C–C–N with tert-alkyl or cyclic N) is 1. The zero-order valence-corrected chi connectivity index (χ0v) is 20.6. The molecule has 2 aromatic heterocycles. The minimum Gasteiger partial charge on any atom is -0.444 e. The molecule has 1 amide bonds. The van der Waals surface area contributed by atoms with Gasteiger partial charge >= 0.3 is 12.3 Å². The molecule has 0 bridgehead atoms. The second-order valence-electron chi connectivity index (χ2n) is 10.2. The van der Waals surface area contributed by atoms with E-state index in [1.165, 1.54) is 11.1 Å². The quantitative estimate of drug-likeness (QED) is 0.671. The Hall–Kier alpha value is -3.33. The van der Waals surface area contributed by atoms with Crippen LogP contribution in [-0.2, 0) is 10.9 Å². The summed E-state index contributed by atoms with van der Waals surface area (Å²) in [6.07, 6.45) is -1.51. The molecule has 0 radical (unpaired) electrons. The van der Waals surface area contributed by atoms with E-state index in [1.807, 2.05) is 0 Å².